The standard InChI is InChI=1S/C17H22N2O4/c1-11-5-4-6-14(12(11)2)17(22)23-10-16(21)19(3)9-15(20)18-13-7-8-13/h4-6,13H,7-10H2,1-3H3,(H,18,20). The van der Waals surface area contributed by atoms with Gasteiger partial charge in [-0.1, -0.05) is 12.1 Å². The second kappa shape index (κ2) is 7.26. The highest BCUT2D eigenvalue weighted by atomic mass is 16.5. The molecule has 1 aliphatic rings. The van der Waals surface area contributed by atoms with E-state index in [0.717, 1.165) is 24.0 Å². The third-order valence-corrected chi connectivity index (χ3v) is 3.90. The van der Waals surface area contributed by atoms with Gasteiger partial charge < -0.3 is 15.0 Å². The SMILES string of the molecule is Cc1cccc(C(=O)OCC(=O)N(C)CC(=O)NC2CC2)c1C. The second-order valence-electron chi connectivity index (χ2n) is 5.92. The van der Waals surface area contributed by atoms with Crippen molar-refractivity contribution in [2.45, 2.75) is 32.7 Å². The van der Waals surface area contributed by atoms with Crippen LogP contribution in [0.4, 0.5) is 0 Å². The molecule has 1 fully saturated rings. The molecule has 23 heavy (non-hydrogen) atoms. The van der Waals surface area contributed by atoms with Crippen molar-refractivity contribution in [1.82, 2.24) is 10.2 Å². The van der Waals surface area contributed by atoms with Crippen molar-refractivity contribution in [3.05, 3.63) is 34.9 Å². The van der Waals surface area contributed by atoms with E-state index in [1.54, 1.807) is 12.1 Å². The van der Waals surface area contributed by atoms with Crippen LogP contribution < -0.4 is 5.32 Å². The molecule has 0 spiro atoms. The molecule has 1 aliphatic carbocycles. The first-order chi connectivity index (χ1) is 10.9. The summed E-state index contributed by atoms with van der Waals surface area (Å²) in [5.74, 6) is -1.13. The number of aryl methyl sites for hydroxylation is 1. The van der Waals surface area contributed by atoms with Crippen molar-refractivity contribution in [1.29, 1.82) is 0 Å². The fourth-order valence-electron chi connectivity index (χ4n) is 2.09. The van der Waals surface area contributed by atoms with Gasteiger partial charge >= 0.3 is 5.97 Å². The number of ether oxygens (including phenoxy) is 1. The second-order valence-corrected chi connectivity index (χ2v) is 5.92. The number of benzene rings is 1. The summed E-state index contributed by atoms with van der Waals surface area (Å²) in [6.45, 7) is 3.33. The van der Waals surface area contributed by atoms with Crippen LogP contribution >= 0.6 is 0 Å². The molecule has 0 radical (unpaired) electrons. The minimum atomic E-state index is -0.532. The number of nitrogens with one attached hydrogen (secondary N) is 1. The summed E-state index contributed by atoms with van der Waals surface area (Å²) < 4.78 is 5.06. The maximum Gasteiger partial charge on any atom is 0.338 e. The molecule has 0 bridgehead atoms. The average molecular weight is 318 g/mol. The summed E-state index contributed by atoms with van der Waals surface area (Å²) in [5.41, 5.74) is 2.27. The predicted octanol–water partition coefficient (Wildman–Crippen LogP) is 1.20. The van der Waals surface area contributed by atoms with Crippen LogP contribution in [0, 0.1) is 13.8 Å². The first-order valence-electron chi connectivity index (χ1n) is 7.65. The molecule has 6 nitrogen and oxygen atoms in total. The third-order valence-electron chi connectivity index (χ3n) is 3.90. The van der Waals surface area contributed by atoms with Crippen molar-refractivity contribution >= 4 is 17.8 Å². The lowest BCUT2D eigenvalue weighted by molar-refractivity contribution is -0.137. The van der Waals surface area contributed by atoms with E-state index in [4.69, 9.17) is 4.74 Å². The Balaban J connectivity index is 1.81. The summed E-state index contributed by atoms with van der Waals surface area (Å²) in [6, 6.07) is 5.61. The molecule has 0 atom stereocenters. The van der Waals surface area contributed by atoms with Gasteiger partial charge in [0.15, 0.2) is 6.61 Å². The number of carbonyl (C=O) groups is 3. The lowest BCUT2D eigenvalue weighted by Gasteiger charge is -2.17. The van der Waals surface area contributed by atoms with Crippen LogP contribution in [-0.4, -0.2) is 48.9 Å². The summed E-state index contributed by atoms with van der Waals surface area (Å²) in [6.07, 6.45) is 1.99. The molecule has 1 aromatic carbocycles. The van der Waals surface area contributed by atoms with E-state index in [9.17, 15) is 14.4 Å². The van der Waals surface area contributed by atoms with E-state index in [0.29, 0.717) is 5.56 Å². The zero-order chi connectivity index (χ0) is 17.0. The van der Waals surface area contributed by atoms with Gasteiger partial charge in [-0.25, -0.2) is 4.79 Å². The van der Waals surface area contributed by atoms with Crippen molar-refractivity contribution in [2.75, 3.05) is 20.2 Å². The molecule has 0 saturated heterocycles. The highest BCUT2D eigenvalue weighted by molar-refractivity contribution is 5.93. The summed E-state index contributed by atoms with van der Waals surface area (Å²) in [7, 11) is 1.51. The monoisotopic (exact) mass is 318 g/mol. The zero-order valence-electron chi connectivity index (χ0n) is 13.7. The number of esters is 1. The topological polar surface area (TPSA) is 75.7 Å². The Morgan fingerprint density at radius 2 is 1.96 bits per heavy atom. The van der Waals surface area contributed by atoms with Gasteiger partial charge in [-0.15, -0.1) is 0 Å². The molecule has 124 valence electrons. The minimum Gasteiger partial charge on any atom is -0.452 e. The first kappa shape index (κ1) is 17.0. The number of amides is 2. The Morgan fingerprint density at radius 1 is 1.26 bits per heavy atom. The highest BCUT2D eigenvalue weighted by Crippen LogP contribution is 2.18. The smallest absolute Gasteiger partial charge is 0.338 e. The lowest BCUT2D eigenvalue weighted by Crippen LogP contribution is -2.40. The van der Waals surface area contributed by atoms with Crippen LogP contribution in [0.15, 0.2) is 18.2 Å². The van der Waals surface area contributed by atoms with E-state index in [2.05, 4.69) is 5.32 Å². The number of hydrogen-bond donors (Lipinski definition) is 1. The van der Waals surface area contributed by atoms with E-state index >= 15 is 0 Å². The molecule has 1 saturated carbocycles. The van der Waals surface area contributed by atoms with Crippen molar-refractivity contribution in [3.63, 3.8) is 0 Å². The zero-order valence-corrected chi connectivity index (χ0v) is 13.7. The Kier molecular flexibility index (Phi) is 5.36. The maximum atomic E-state index is 12.0. The van der Waals surface area contributed by atoms with E-state index in [1.807, 2.05) is 19.9 Å². The molecule has 1 aromatic rings. The van der Waals surface area contributed by atoms with Crippen LogP contribution in [0.2, 0.25) is 0 Å². The molecular weight excluding hydrogens is 296 g/mol. The van der Waals surface area contributed by atoms with Crippen LogP contribution in [-0.2, 0) is 14.3 Å². The largest absolute Gasteiger partial charge is 0.452 e. The van der Waals surface area contributed by atoms with Gasteiger partial charge in [0.25, 0.3) is 5.91 Å². The van der Waals surface area contributed by atoms with Crippen molar-refractivity contribution in [3.8, 4) is 0 Å². The Bertz CT molecular complexity index is 623. The Labute approximate surface area is 135 Å². The van der Waals surface area contributed by atoms with Gasteiger partial charge in [-0.05, 0) is 43.9 Å². The molecule has 2 rings (SSSR count). The normalized spacial score (nSPS) is 13.3. The number of rotatable bonds is 6. The van der Waals surface area contributed by atoms with Gasteiger partial charge in [-0.3, -0.25) is 9.59 Å². The highest BCUT2D eigenvalue weighted by Gasteiger charge is 2.24. The van der Waals surface area contributed by atoms with Gasteiger partial charge in [0.1, 0.15) is 0 Å². The van der Waals surface area contributed by atoms with E-state index < -0.39 is 11.9 Å². The minimum absolute atomic E-state index is 0.0314. The number of nitrogens with zero attached hydrogens (tertiary/aromatic N) is 1. The lowest BCUT2D eigenvalue weighted by atomic mass is 10.0. The molecule has 2 amide bonds. The van der Waals surface area contributed by atoms with Crippen LogP contribution in [0.3, 0.4) is 0 Å². The Morgan fingerprint density at radius 3 is 2.61 bits per heavy atom. The van der Waals surface area contributed by atoms with Crippen LogP contribution in [0.25, 0.3) is 0 Å². The van der Waals surface area contributed by atoms with Gasteiger partial charge in [-0.2, -0.15) is 0 Å². The molecule has 6 heteroatoms. The first-order valence-corrected chi connectivity index (χ1v) is 7.65. The fraction of sp³-hybridized carbons (Fsp3) is 0.471. The molecule has 1 N–H and O–H groups in total. The van der Waals surface area contributed by atoms with Crippen LogP contribution in [0.1, 0.15) is 34.3 Å². The molecule has 0 aliphatic heterocycles. The van der Waals surface area contributed by atoms with Crippen molar-refractivity contribution < 1.29 is 19.1 Å². The van der Waals surface area contributed by atoms with Gasteiger partial charge in [0.05, 0.1) is 12.1 Å². The molecule has 0 unspecified atom stereocenters. The summed E-state index contributed by atoms with van der Waals surface area (Å²) in [5, 5.41) is 2.80. The Hall–Kier alpha value is -2.37. The van der Waals surface area contributed by atoms with Gasteiger partial charge in [0.2, 0.25) is 5.91 Å². The molecule has 0 aromatic heterocycles. The average Bonchev–Trinajstić information content (AvgIpc) is 3.30. The number of hydrogen-bond acceptors (Lipinski definition) is 4. The van der Waals surface area contributed by atoms with E-state index in [1.165, 1.54) is 11.9 Å². The molecule has 0 heterocycles. The molecular formula is C17H22N2O4. The van der Waals surface area contributed by atoms with Crippen LogP contribution in [0.5, 0.6) is 0 Å². The van der Waals surface area contributed by atoms with Gasteiger partial charge in [0, 0.05) is 13.1 Å². The fourth-order valence-corrected chi connectivity index (χ4v) is 2.09. The van der Waals surface area contributed by atoms with Crippen molar-refractivity contribution in [2.24, 2.45) is 0 Å². The van der Waals surface area contributed by atoms with E-state index in [-0.39, 0.29) is 25.1 Å². The quantitative estimate of drug-likeness (QED) is 0.800. The predicted molar refractivity (Wildman–Crippen MR) is 85.0 cm³/mol. The number of likely N-dealkylation sites (N-methyl/N-ethyl adjacent to an activating group) is 1. The number of carbonyl (C=O) groups excluding carboxylic acids is 3. The third kappa shape index (κ3) is 4.81. The maximum absolute atomic E-state index is 12.0. The summed E-state index contributed by atoms with van der Waals surface area (Å²) >= 11 is 0. The summed E-state index contributed by atoms with van der Waals surface area (Å²) in [4.78, 5) is 36.9.